The molecule has 158 valence electrons. The van der Waals surface area contributed by atoms with Gasteiger partial charge in [-0.3, -0.25) is 4.90 Å². The molecule has 2 aromatic rings. The van der Waals surface area contributed by atoms with Gasteiger partial charge in [-0.1, -0.05) is 30.3 Å². The van der Waals surface area contributed by atoms with Crippen molar-refractivity contribution >= 4 is 10.0 Å². The summed E-state index contributed by atoms with van der Waals surface area (Å²) in [7, 11) is -3.58. The van der Waals surface area contributed by atoms with Crippen LogP contribution in [-0.2, 0) is 16.6 Å². The highest BCUT2D eigenvalue weighted by Gasteiger charge is 2.28. The van der Waals surface area contributed by atoms with E-state index < -0.39 is 10.0 Å². The first kappa shape index (κ1) is 21.6. The van der Waals surface area contributed by atoms with Gasteiger partial charge in [0.25, 0.3) is 0 Å². The van der Waals surface area contributed by atoms with Crippen LogP contribution in [0.5, 0.6) is 11.5 Å². The van der Waals surface area contributed by atoms with Crippen LogP contribution in [0.25, 0.3) is 0 Å². The van der Waals surface area contributed by atoms with Crippen LogP contribution in [0.4, 0.5) is 0 Å². The van der Waals surface area contributed by atoms with Crippen molar-refractivity contribution in [2.24, 2.45) is 0 Å². The first-order valence-corrected chi connectivity index (χ1v) is 11.6. The monoisotopic (exact) mass is 418 g/mol. The molecule has 0 bridgehead atoms. The third-order valence-electron chi connectivity index (χ3n) is 4.95. The molecule has 7 heteroatoms. The van der Waals surface area contributed by atoms with E-state index in [0.29, 0.717) is 44.3 Å². The minimum atomic E-state index is -3.58. The Morgan fingerprint density at radius 2 is 1.59 bits per heavy atom. The molecule has 29 heavy (non-hydrogen) atoms. The van der Waals surface area contributed by atoms with Crippen molar-refractivity contribution in [1.82, 2.24) is 9.21 Å². The van der Waals surface area contributed by atoms with E-state index in [1.165, 1.54) is 5.56 Å². The second-order valence-electron chi connectivity index (χ2n) is 6.99. The minimum Gasteiger partial charge on any atom is -0.490 e. The SMILES string of the molecule is CCOc1ccc(S(=O)(=O)N2CCCN(Cc3ccccc3)CC2)cc1OCC. The van der Waals surface area contributed by atoms with E-state index in [4.69, 9.17) is 9.47 Å². The summed E-state index contributed by atoms with van der Waals surface area (Å²) < 4.78 is 39.2. The van der Waals surface area contributed by atoms with E-state index >= 15 is 0 Å². The fourth-order valence-corrected chi connectivity index (χ4v) is 5.01. The van der Waals surface area contributed by atoms with Crippen LogP contribution in [0.2, 0.25) is 0 Å². The summed E-state index contributed by atoms with van der Waals surface area (Å²) in [5, 5.41) is 0. The summed E-state index contributed by atoms with van der Waals surface area (Å²) >= 11 is 0. The Morgan fingerprint density at radius 1 is 0.862 bits per heavy atom. The lowest BCUT2D eigenvalue weighted by Gasteiger charge is -2.22. The molecule has 0 aromatic heterocycles. The molecule has 1 aliphatic rings. The third kappa shape index (κ3) is 5.50. The van der Waals surface area contributed by atoms with Gasteiger partial charge in [-0.2, -0.15) is 4.31 Å². The predicted molar refractivity (Wildman–Crippen MR) is 114 cm³/mol. The Kier molecular flexibility index (Phi) is 7.52. The lowest BCUT2D eigenvalue weighted by molar-refractivity contribution is 0.278. The fraction of sp³-hybridized carbons (Fsp3) is 0.455. The highest BCUT2D eigenvalue weighted by atomic mass is 32.2. The minimum absolute atomic E-state index is 0.251. The quantitative estimate of drug-likeness (QED) is 0.658. The number of nitrogens with zero attached hydrogens (tertiary/aromatic N) is 2. The van der Waals surface area contributed by atoms with Gasteiger partial charge in [0, 0.05) is 32.2 Å². The summed E-state index contributed by atoms with van der Waals surface area (Å²) in [6.07, 6.45) is 0.807. The van der Waals surface area contributed by atoms with Crippen molar-refractivity contribution in [3.8, 4) is 11.5 Å². The van der Waals surface area contributed by atoms with Crippen molar-refractivity contribution in [1.29, 1.82) is 0 Å². The zero-order chi connectivity index (χ0) is 20.7. The van der Waals surface area contributed by atoms with Crippen LogP contribution in [-0.4, -0.2) is 57.0 Å². The number of sulfonamides is 1. The highest BCUT2D eigenvalue weighted by Crippen LogP contribution is 2.31. The van der Waals surface area contributed by atoms with Gasteiger partial charge in [0.05, 0.1) is 18.1 Å². The van der Waals surface area contributed by atoms with Crippen molar-refractivity contribution in [2.45, 2.75) is 31.7 Å². The Bertz CT molecular complexity index is 887. The van der Waals surface area contributed by atoms with Crippen LogP contribution in [0.1, 0.15) is 25.8 Å². The molecule has 6 nitrogen and oxygen atoms in total. The van der Waals surface area contributed by atoms with Crippen LogP contribution in [0, 0.1) is 0 Å². The van der Waals surface area contributed by atoms with Crippen LogP contribution < -0.4 is 9.47 Å². The summed E-state index contributed by atoms with van der Waals surface area (Å²) in [5.41, 5.74) is 1.25. The number of ether oxygens (including phenoxy) is 2. The number of rotatable bonds is 8. The van der Waals surface area contributed by atoms with Gasteiger partial charge in [-0.05, 0) is 44.5 Å². The summed E-state index contributed by atoms with van der Waals surface area (Å²) in [5.74, 6) is 1.04. The molecule has 0 spiro atoms. The molecule has 0 amide bonds. The molecule has 1 saturated heterocycles. The normalized spacial score (nSPS) is 16.3. The Hall–Kier alpha value is -2.09. The third-order valence-corrected chi connectivity index (χ3v) is 6.84. The van der Waals surface area contributed by atoms with Crippen LogP contribution in [0.15, 0.2) is 53.4 Å². The first-order valence-electron chi connectivity index (χ1n) is 10.2. The maximum atomic E-state index is 13.2. The van der Waals surface area contributed by atoms with Gasteiger partial charge in [0.15, 0.2) is 11.5 Å². The van der Waals surface area contributed by atoms with Gasteiger partial charge in [0.2, 0.25) is 10.0 Å². The summed E-state index contributed by atoms with van der Waals surface area (Å²) in [6, 6.07) is 15.2. The summed E-state index contributed by atoms with van der Waals surface area (Å²) in [6.45, 7) is 8.13. The van der Waals surface area contributed by atoms with E-state index in [2.05, 4.69) is 17.0 Å². The van der Waals surface area contributed by atoms with Crippen molar-refractivity contribution in [3.05, 3.63) is 54.1 Å². The molecule has 0 aliphatic carbocycles. The largest absolute Gasteiger partial charge is 0.490 e. The predicted octanol–water partition coefficient (Wildman–Crippen LogP) is 3.38. The molecule has 0 radical (unpaired) electrons. The standard InChI is InChI=1S/C22H30N2O4S/c1-3-27-21-12-11-20(17-22(21)28-4-2)29(25,26)24-14-8-13-23(15-16-24)18-19-9-6-5-7-10-19/h5-7,9-12,17H,3-4,8,13-16,18H2,1-2H3. The van der Waals surface area contributed by atoms with Crippen LogP contribution in [0.3, 0.4) is 0 Å². The molecule has 2 aromatic carbocycles. The molecule has 1 heterocycles. The maximum absolute atomic E-state index is 13.2. The van der Waals surface area contributed by atoms with Gasteiger partial charge in [0.1, 0.15) is 0 Å². The second kappa shape index (κ2) is 10.1. The molecule has 1 aliphatic heterocycles. The topological polar surface area (TPSA) is 59.1 Å². The van der Waals surface area contributed by atoms with Crippen molar-refractivity contribution in [2.75, 3.05) is 39.4 Å². The number of hydrogen-bond acceptors (Lipinski definition) is 5. The Morgan fingerprint density at radius 3 is 2.31 bits per heavy atom. The lowest BCUT2D eigenvalue weighted by atomic mass is 10.2. The molecule has 0 unspecified atom stereocenters. The van der Waals surface area contributed by atoms with Crippen molar-refractivity contribution in [3.63, 3.8) is 0 Å². The van der Waals surface area contributed by atoms with Crippen LogP contribution >= 0.6 is 0 Å². The molecule has 0 atom stereocenters. The molecule has 1 fully saturated rings. The van der Waals surface area contributed by atoms with E-state index in [9.17, 15) is 8.42 Å². The van der Waals surface area contributed by atoms with E-state index in [1.54, 1.807) is 22.5 Å². The molecule has 3 rings (SSSR count). The Labute approximate surface area is 174 Å². The second-order valence-corrected chi connectivity index (χ2v) is 8.93. The lowest BCUT2D eigenvalue weighted by Crippen LogP contribution is -2.35. The fourth-order valence-electron chi connectivity index (χ4n) is 3.53. The number of benzene rings is 2. The average molecular weight is 419 g/mol. The van der Waals surface area contributed by atoms with Gasteiger partial charge >= 0.3 is 0 Å². The smallest absolute Gasteiger partial charge is 0.243 e. The van der Waals surface area contributed by atoms with E-state index in [-0.39, 0.29) is 4.90 Å². The average Bonchev–Trinajstić information content (AvgIpc) is 2.96. The van der Waals surface area contributed by atoms with Gasteiger partial charge in [-0.25, -0.2) is 8.42 Å². The molecule has 0 N–H and O–H groups in total. The van der Waals surface area contributed by atoms with Gasteiger partial charge in [-0.15, -0.1) is 0 Å². The van der Waals surface area contributed by atoms with E-state index in [0.717, 1.165) is 19.5 Å². The molecular formula is C22H30N2O4S. The zero-order valence-corrected chi connectivity index (χ0v) is 18.0. The zero-order valence-electron chi connectivity index (χ0n) is 17.2. The molecule has 0 saturated carbocycles. The van der Waals surface area contributed by atoms with Gasteiger partial charge < -0.3 is 9.47 Å². The maximum Gasteiger partial charge on any atom is 0.243 e. The van der Waals surface area contributed by atoms with E-state index in [1.807, 2.05) is 32.0 Å². The Balaban J connectivity index is 1.73. The number of hydrogen-bond donors (Lipinski definition) is 0. The summed E-state index contributed by atoms with van der Waals surface area (Å²) in [4.78, 5) is 2.56. The highest BCUT2D eigenvalue weighted by molar-refractivity contribution is 7.89. The first-order chi connectivity index (χ1) is 14.0. The molecular weight excluding hydrogens is 388 g/mol. The van der Waals surface area contributed by atoms with Crippen molar-refractivity contribution < 1.29 is 17.9 Å².